The Bertz CT molecular complexity index is 1120. The number of benzene rings is 1. The van der Waals surface area contributed by atoms with E-state index >= 15 is 0 Å². The van der Waals surface area contributed by atoms with Crippen molar-refractivity contribution in [2.45, 2.75) is 33.0 Å². The fourth-order valence-corrected chi connectivity index (χ4v) is 4.45. The van der Waals surface area contributed by atoms with Crippen molar-refractivity contribution in [1.82, 2.24) is 19.4 Å². The van der Waals surface area contributed by atoms with Gasteiger partial charge in [-0.1, -0.05) is 48.9 Å². The molecule has 4 rings (SSSR count). The number of hydrogen-bond donors (Lipinski definition) is 0. The van der Waals surface area contributed by atoms with E-state index in [9.17, 15) is 4.79 Å². The Labute approximate surface area is 178 Å². The van der Waals surface area contributed by atoms with Crippen LogP contribution in [0.1, 0.15) is 34.4 Å². The van der Waals surface area contributed by atoms with Crippen molar-refractivity contribution in [3.63, 3.8) is 0 Å². The molecule has 5 nitrogen and oxygen atoms in total. The van der Waals surface area contributed by atoms with E-state index in [1.165, 1.54) is 11.3 Å². The number of hydrogen-bond acceptors (Lipinski definition) is 4. The molecular weight excluding hydrogens is 404 g/mol. The van der Waals surface area contributed by atoms with Gasteiger partial charge < -0.3 is 9.47 Å². The van der Waals surface area contributed by atoms with Crippen LogP contribution in [-0.4, -0.2) is 25.3 Å². The maximum Gasteiger partial charge on any atom is 0.266 e. The summed E-state index contributed by atoms with van der Waals surface area (Å²) in [5.41, 5.74) is 2.76. The molecule has 3 aromatic heterocycles. The zero-order valence-electron chi connectivity index (χ0n) is 16.1. The van der Waals surface area contributed by atoms with E-state index in [0.29, 0.717) is 23.0 Å². The van der Waals surface area contributed by atoms with E-state index in [0.717, 1.165) is 35.5 Å². The lowest BCUT2D eigenvalue weighted by Gasteiger charge is -2.23. The van der Waals surface area contributed by atoms with E-state index in [1.807, 2.05) is 47.8 Å². The topological polar surface area (TPSA) is 51.0 Å². The molecule has 0 spiro atoms. The summed E-state index contributed by atoms with van der Waals surface area (Å²) in [6.07, 6.45) is 2.73. The number of amides is 1. The lowest BCUT2D eigenvalue weighted by molar-refractivity contribution is 0.0729. The number of rotatable bonds is 7. The van der Waals surface area contributed by atoms with Gasteiger partial charge in [-0.2, -0.15) is 0 Å². The number of halogens is 1. The molecule has 1 aromatic carbocycles. The lowest BCUT2D eigenvalue weighted by Crippen LogP contribution is -2.31. The van der Waals surface area contributed by atoms with Crippen LogP contribution < -0.4 is 0 Å². The normalized spacial score (nSPS) is 11.1. The van der Waals surface area contributed by atoms with E-state index in [4.69, 9.17) is 16.6 Å². The zero-order chi connectivity index (χ0) is 20.2. The number of carbonyl (C=O) groups excluding carboxylic acids is 1. The molecule has 0 unspecified atom stereocenters. The monoisotopic (exact) mass is 424 g/mol. The maximum absolute atomic E-state index is 13.3. The Hall–Kier alpha value is -2.70. The van der Waals surface area contributed by atoms with Gasteiger partial charge in [0.05, 0.1) is 11.6 Å². The van der Waals surface area contributed by atoms with Crippen LogP contribution in [0.25, 0.3) is 11.2 Å². The number of thiophene rings is 1. The van der Waals surface area contributed by atoms with Crippen molar-refractivity contribution in [1.29, 1.82) is 0 Å². The standard InChI is InChI=1S/C22H21ClN4OS/c1-2-12-27-19(25-18-9-6-11-24-21(18)27)15-26(14-16-7-4-3-5-8-16)22(28)20-17(23)10-13-29-20/h3-11,13H,2,12,14-15H2,1H3. The van der Waals surface area contributed by atoms with Crippen LogP contribution in [0.4, 0.5) is 0 Å². The number of nitrogens with zero attached hydrogens (tertiary/aromatic N) is 4. The molecule has 0 aliphatic heterocycles. The first-order valence-corrected chi connectivity index (χ1v) is 10.8. The third-order valence-electron chi connectivity index (χ3n) is 4.68. The van der Waals surface area contributed by atoms with Crippen molar-refractivity contribution in [2.24, 2.45) is 0 Å². The quantitative estimate of drug-likeness (QED) is 0.399. The van der Waals surface area contributed by atoms with E-state index < -0.39 is 0 Å². The minimum Gasteiger partial charge on any atom is -0.326 e. The molecule has 0 N–H and O–H groups in total. The highest BCUT2D eigenvalue weighted by atomic mass is 35.5. The molecule has 0 aliphatic carbocycles. The van der Waals surface area contributed by atoms with Crippen LogP contribution in [0.5, 0.6) is 0 Å². The number of carbonyl (C=O) groups is 1. The summed E-state index contributed by atoms with van der Waals surface area (Å²) in [5.74, 6) is 0.745. The second-order valence-corrected chi connectivity index (χ2v) is 8.09. The number of imidazole rings is 1. The average Bonchev–Trinajstić information content (AvgIpc) is 3.32. The number of aromatic nitrogens is 3. The Morgan fingerprint density at radius 1 is 1.14 bits per heavy atom. The van der Waals surface area contributed by atoms with Crippen LogP contribution in [0.15, 0.2) is 60.1 Å². The van der Waals surface area contributed by atoms with E-state index in [1.54, 1.807) is 17.2 Å². The molecule has 1 amide bonds. The predicted octanol–water partition coefficient (Wildman–Crippen LogP) is 5.40. The second kappa shape index (κ2) is 8.76. The number of fused-ring (bicyclic) bond motifs is 1. The molecule has 29 heavy (non-hydrogen) atoms. The highest BCUT2D eigenvalue weighted by Gasteiger charge is 2.23. The summed E-state index contributed by atoms with van der Waals surface area (Å²) in [5, 5.41) is 2.33. The molecular formula is C22H21ClN4OS. The SMILES string of the molecule is CCCn1c(CN(Cc2ccccc2)C(=O)c2sccc2Cl)nc2cccnc21. The molecule has 0 saturated heterocycles. The van der Waals surface area contributed by atoms with Crippen molar-refractivity contribution in [2.75, 3.05) is 0 Å². The molecule has 0 aliphatic rings. The Balaban J connectivity index is 1.72. The van der Waals surface area contributed by atoms with Crippen LogP contribution in [0.3, 0.4) is 0 Å². The highest BCUT2D eigenvalue weighted by Crippen LogP contribution is 2.26. The first kappa shape index (κ1) is 19.6. The van der Waals surface area contributed by atoms with E-state index in [-0.39, 0.29) is 5.91 Å². The van der Waals surface area contributed by atoms with Gasteiger partial charge in [0, 0.05) is 19.3 Å². The zero-order valence-corrected chi connectivity index (χ0v) is 17.7. The average molecular weight is 425 g/mol. The van der Waals surface area contributed by atoms with Crippen LogP contribution in [0.2, 0.25) is 5.02 Å². The Morgan fingerprint density at radius 2 is 1.97 bits per heavy atom. The van der Waals surface area contributed by atoms with Crippen LogP contribution in [-0.2, 0) is 19.6 Å². The third-order valence-corrected chi connectivity index (χ3v) is 6.01. The first-order valence-electron chi connectivity index (χ1n) is 9.53. The fraction of sp³-hybridized carbons (Fsp3) is 0.227. The smallest absolute Gasteiger partial charge is 0.266 e. The molecule has 0 fully saturated rings. The number of aryl methyl sites for hydroxylation is 1. The molecule has 4 aromatic rings. The largest absolute Gasteiger partial charge is 0.326 e. The van der Waals surface area contributed by atoms with Gasteiger partial charge in [-0.05, 0) is 35.6 Å². The van der Waals surface area contributed by atoms with Crippen molar-refractivity contribution in [3.05, 3.63) is 81.4 Å². The first-order chi connectivity index (χ1) is 14.2. The summed E-state index contributed by atoms with van der Waals surface area (Å²) in [6.45, 7) is 3.79. The molecule has 0 radical (unpaired) electrons. The van der Waals surface area contributed by atoms with Gasteiger partial charge in [-0.3, -0.25) is 4.79 Å². The highest BCUT2D eigenvalue weighted by molar-refractivity contribution is 7.12. The van der Waals surface area contributed by atoms with E-state index in [2.05, 4.69) is 16.5 Å². The van der Waals surface area contributed by atoms with Gasteiger partial charge in [-0.25, -0.2) is 9.97 Å². The predicted molar refractivity (Wildman–Crippen MR) is 117 cm³/mol. The van der Waals surface area contributed by atoms with Gasteiger partial charge >= 0.3 is 0 Å². The van der Waals surface area contributed by atoms with Gasteiger partial charge in [-0.15, -0.1) is 11.3 Å². The maximum atomic E-state index is 13.3. The summed E-state index contributed by atoms with van der Waals surface area (Å²) < 4.78 is 2.11. The van der Waals surface area contributed by atoms with Gasteiger partial charge in [0.25, 0.3) is 5.91 Å². The fourth-order valence-electron chi connectivity index (χ4n) is 3.35. The van der Waals surface area contributed by atoms with Crippen molar-refractivity contribution >= 4 is 40.0 Å². The van der Waals surface area contributed by atoms with Crippen molar-refractivity contribution in [3.8, 4) is 0 Å². The van der Waals surface area contributed by atoms with Gasteiger partial charge in [0.1, 0.15) is 16.2 Å². The molecule has 0 bridgehead atoms. The van der Waals surface area contributed by atoms with Crippen molar-refractivity contribution < 1.29 is 4.79 Å². The Morgan fingerprint density at radius 3 is 2.69 bits per heavy atom. The summed E-state index contributed by atoms with van der Waals surface area (Å²) in [6, 6.07) is 15.6. The summed E-state index contributed by atoms with van der Waals surface area (Å²) >= 11 is 7.63. The summed E-state index contributed by atoms with van der Waals surface area (Å²) in [4.78, 5) is 25.0. The molecule has 0 saturated carbocycles. The van der Waals surface area contributed by atoms with Crippen LogP contribution >= 0.6 is 22.9 Å². The summed E-state index contributed by atoms with van der Waals surface area (Å²) in [7, 11) is 0. The molecule has 3 heterocycles. The Kier molecular flexibility index (Phi) is 5.92. The minimum absolute atomic E-state index is 0.0862. The minimum atomic E-state index is -0.0862. The lowest BCUT2D eigenvalue weighted by atomic mass is 10.2. The molecule has 148 valence electrons. The third kappa shape index (κ3) is 4.18. The number of pyridine rings is 1. The van der Waals surface area contributed by atoms with Crippen LogP contribution in [0, 0.1) is 0 Å². The van der Waals surface area contributed by atoms with Gasteiger partial charge in [0.15, 0.2) is 5.65 Å². The second-order valence-electron chi connectivity index (χ2n) is 6.77. The van der Waals surface area contributed by atoms with Gasteiger partial charge in [0.2, 0.25) is 0 Å². The molecule has 7 heteroatoms. The molecule has 0 atom stereocenters.